The topological polar surface area (TPSA) is 80.7 Å². The molecule has 0 amide bonds. The molecule has 0 bridgehead atoms. The minimum atomic E-state index is -4.49. The summed E-state index contributed by atoms with van der Waals surface area (Å²) >= 11 is 0.445. The van der Waals surface area contributed by atoms with E-state index >= 15 is 0 Å². The van der Waals surface area contributed by atoms with Crippen LogP contribution in [-0.4, -0.2) is 59.1 Å². The van der Waals surface area contributed by atoms with E-state index in [9.17, 15) is 17.8 Å². The largest absolute Gasteiger partial charge is 1.00 e. The van der Waals surface area contributed by atoms with E-state index in [4.69, 9.17) is 4.74 Å². The smallest absolute Gasteiger partial charge is 1.00 e. The summed E-state index contributed by atoms with van der Waals surface area (Å²) in [6, 6.07) is 24.8. The fourth-order valence-electron chi connectivity index (χ4n) is 4.35. The normalized spacial score (nSPS) is 12.5. The van der Waals surface area contributed by atoms with Gasteiger partial charge >= 0.3 is 209 Å². The summed E-state index contributed by atoms with van der Waals surface area (Å²) in [7, 11) is -7.19. The first-order valence-corrected chi connectivity index (χ1v) is 14.8. The predicted molar refractivity (Wildman–Crippen MR) is 131 cm³/mol. The fourth-order valence-corrected chi connectivity index (χ4v) is 12.3. The zero-order valence-corrected chi connectivity index (χ0v) is 24.7. The fraction of sp³-hybridized carbons (Fsp3) is 0.208. The minimum Gasteiger partial charge on any atom is -1.00 e. The van der Waals surface area contributed by atoms with E-state index in [1.54, 1.807) is 19.1 Å². The first-order chi connectivity index (χ1) is 15.2. The van der Waals surface area contributed by atoms with Gasteiger partial charge in [-0.15, -0.1) is 0 Å². The third-order valence-corrected chi connectivity index (χ3v) is 12.9. The average molecular weight is 606 g/mol. The number of rotatable bonds is 8. The molecule has 0 radical (unpaired) electrons. The van der Waals surface area contributed by atoms with Crippen LogP contribution in [-0.2, 0) is 19.6 Å². The Labute approximate surface area is 230 Å². The number of esters is 1. The molecular weight excluding hydrogens is 581 g/mol. The molecule has 1 unspecified atom stereocenters. The van der Waals surface area contributed by atoms with Crippen molar-refractivity contribution in [2.24, 2.45) is 0 Å². The molecule has 1 N–H and O–H groups in total. The number of ether oxygens (including phenoxy) is 1. The van der Waals surface area contributed by atoms with Crippen LogP contribution in [0.4, 0.5) is 0 Å². The van der Waals surface area contributed by atoms with Crippen LogP contribution in [0.5, 0.6) is 0 Å². The first kappa shape index (κ1) is 28.4. The summed E-state index contributed by atoms with van der Waals surface area (Å²) in [6.45, 7) is 4.01. The van der Waals surface area contributed by atoms with Crippen molar-refractivity contribution < 1.29 is 46.5 Å². The van der Waals surface area contributed by atoms with Gasteiger partial charge in [-0.25, -0.2) is 0 Å². The summed E-state index contributed by atoms with van der Waals surface area (Å²) in [4.78, 5) is 12.6. The number of halogens is 1. The van der Waals surface area contributed by atoms with Crippen LogP contribution in [0, 0.1) is 0 Å². The van der Waals surface area contributed by atoms with Gasteiger partial charge in [-0.2, -0.15) is 0 Å². The molecule has 0 aliphatic heterocycles. The third-order valence-electron chi connectivity index (χ3n) is 5.58. The van der Waals surface area contributed by atoms with Crippen LogP contribution in [0.25, 0.3) is 0 Å². The molecule has 0 spiro atoms. The summed E-state index contributed by atoms with van der Waals surface area (Å²) in [5, 5.41) is 2.46. The molecule has 3 aromatic rings. The van der Waals surface area contributed by atoms with Gasteiger partial charge in [0.1, 0.15) is 0 Å². The summed E-state index contributed by atoms with van der Waals surface area (Å²) in [5.74, 6) is -0.327. The molecule has 3 rings (SSSR count). The van der Waals surface area contributed by atoms with Gasteiger partial charge in [-0.3, -0.25) is 0 Å². The molecular formula is C24H25INaO5PS. The Hall–Kier alpha value is -0.800. The van der Waals surface area contributed by atoms with E-state index in [0.29, 0.717) is 36.0 Å². The molecule has 5 nitrogen and oxygen atoms in total. The zero-order valence-electron chi connectivity index (χ0n) is 18.8. The summed E-state index contributed by atoms with van der Waals surface area (Å²) in [6.07, 6.45) is 0.127. The van der Waals surface area contributed by atoms with Crippen LogP contribution in [0.15, 0.2) is 83.8 Å². The van der Waals surface area contributed by atoms with Gasteiger partial charge in [0.15, 0.2) is 0 Å². The Kier molecular flexibility index (Phi) is 10.6. The second-order valence-corrected chi connectivity index (χ2v) is 13.9. The second-order valence-electron chi connectivity index (χ2n) is 7.65. The van der Waals surface area contributed by atoms with Gasteiger partial charge in [0.25, 0.3) is 0 Å². The van der Waals surface area contributed by atoms with Crippen molar-refractivity contribution in [3.8, 4) is 0 Å². The Morgan fingerprint density at radius 1 is 0.970 bits per heavy atom. The van der Waals surface area contributed by atoms with Crippen molar-refractivity contribution in [2.45, 2.75) is 30.8 Å². The van der Waals surface area contributed by atoms with E-state index in [0.717, 1.165) is 10.6 Å². The van der Waals surface area contributed by atoms with E-state index < -0.39 is 17.4 Å². The van der Waals surface area contributed by atoms with Gasteiger partial charge in [0.2, 0.25) is 0 Å². The van der Waals surface area contributed by atoms with Gasteiger partial charge in [-0.1, -0.05) is 0 Å². The molecule has 0 aliphatic carbocycles. The maximum Gasteiger partial charge on any atom is -1.00 e. The Morgan fingerprint density at radius 3 is 1.94 bits per heavy atom. The molecule has 9 heteroatoms. The number of benzene rings is 3. The minimum absolute atomic E-state index is 0. The molecule has 3 aromatic carbocycles. The van der Waals surface area contributed by atoms with E-state index in [1.807, 2.05) is 73.7 Å². The number of carbonyl (C=O) groups excluding carboxylic acids is 1. The van der Waals surface area contributed by atoms with Crippen LogP contribution in [0.2, 0.25) is 0 Å². The standard InChI is InChI=1S/C24H24O5PS.HI.Na/c1-3-29-24(25)18-19(2)30(20-12-6-4-7-13-20,21-14-8-5-9-15-21)22-16-10-11-17-23(22)31(26,27)28;;/h4-16,19H,3,18H2,1-2H3;1H;. The SMILES string of the molecule is CCOC(=O)CC(C)[P+](c1ccccc1)(c1ccccc1)c1ccc[c]([Na])c1S(=O)(=O)O.[I-]. The third kappa shape index (κ3) is 6.07. The van der Waals surface area contributed by atoms with E-state index in [-0.39, 0.29) is 53.5 Å². The van der Waals surface area contributed by atoms with Crippen LogP contribution >= 0.6 is 7.26 Å². The molecule has 33 heavy (non-hydrogen) atoms. The van der Waals surface area contributed by atoms with Crippen molar-refractivity contribution in [3.05, 3.63) is 78.9 Å². The molecule has 0 saturated heterocycles. The average Bonchev–Trinajstić information content (AvgIpc) is 2.75. The Balaban J connectivity index is 0.00000385. The van der Waals surface area contributed by atoms with E-state index in [2.05, 4.69) is 0 Å². The van der Waals surface area contributed by atoms with Gasteiger partial charge in [0, 0.05) is 0 Å². The second kappa shape index (κ2) is 12.2. The molecule has 0 heterocycles. The van der Waals surface area contributed by atoms with E-state index in [1.165, 1.54) is 0 Å². The van der Waals surface area contributed by atoms with Crippen molar-refractivity contribution in [3.63, 3.8) is 0 Å². The maximum atomic E-state index is 12.6. The van der Waals surface area contributed by atoms with Crippen molar-refractivity contribution in [2.75, 3.05) is 6.61 Å². The monoisotopic (exact) mass is 606 g/mol. The van der Waals surface area contributed by atoms with Crippen molar-refractivity contribution in [1.29, 1.82) is 0 Å². The Bertz CT molecular complexity index is 1150. The van der Waals surface area contributed by atoms with Crippen LogP contribution in [0.3, 0.4) is 0 Å². The quantitative estimate of drug-likeness (QED) is 0.122. The molecule has 170 valence electrons. The zero-order chi connectivity index (χ0) is 23.4. The van der Waals surface area contributed by atoms with Gasteiger partial charge < -0.3 is 24.0 Å². The molecule has 0 fully saturated rings. The Morgan fingerprint density at radius 2 is 1.48 bits per heavy atom. The number of hydrogen-bond donors (Lipinski definition) is 1. The molecule has 0 saturated carbocycles. The van der Waals surface area contributed by atoms with Crippen LogP contribution in [0.1, 0.15) is 20.3 Å². The van der Waals surface area contributed by atoms with Gasteiger partial charge in [0.05, 0.1) is 0 Å². The van der Waals surface area contributed by atoms with Crippen LogP contribution < -0.4 is 42.7 Å². The number of hydrogen-bond acceptors (Lipinski definition) is 4. The van der Waals surface area contributed by atoms with Crippen molar-refractivity contribution in [1.82, 2.24) is 0 Å². The molecule has 1 atom stereocenters. The first-order valence-electron chi connectivity index (χ1n) is 10.5. The van der Waals surface area contributed by atoms with Crippen molar-refractivity contribution >= 4 is 70.0 Å². The van der Waals surface area contributed by atoms with Gasteiger partial charge in [-0.05, 0) is 0 Å². The maximum absolute atomic E-state index is 12.6. The number of carbonyl (C=O) groups is 1. The predicted octanol–water partition coefficient (Wildman–Crippen LogP) is -0.633. The molecule has 0 aliphatic rings. The molecule has 0 aromatic heterocycles. The summed E-state index contributed by atoms with van der Waals surface area (Å²) in [5.41, 5.74) is -0.268. The summed E-state index contributed by atoms with van der Waals surface area (Å²) < 4.78 is 41.4.